The van der Waals surface area contributed by atoms with Crippen LogP contribution in [0.3, 0.4) is 0 Å². The number of nitrogens with one attached hydrogen (secondary N) is 2. The number of carbonyl (C=O) groups excluding carboxylic acids is 1. The Hall–Kier alpha value is -3.15. The Morgan fingerprint density at radius 3 is 2.14 bits per heavy atom. The van der Waals surface area contributed by atoms with E-state index in [-0.39, 0.29) is 10.5 Å². The number of benzene rings is 2. The van der Waals surface area contributed by atoms with Gasteiger partial charge in [-0.25, -0.2) is 13.6 Å². The molecule has 0 aliphatic carbocycles. The third-order valence-corrected chi connectivity index (χ3v) is 5.09. The van der Waals surface area contributed by atoms with E-state index in [2.05, 4.69) is 10.6 Å². The SMILES string of the molecule is CCc1cccc(CC)c1N/C=C(/C#N)C(=O)Nc1ccc(S(N)(=O)=O)cc1. The quantitative estimate of drug-likeness (QED) is 0.488. The number of nitrogens with two attached hydrogens (primary N) is 1. The van der Waals surface area contributed by atoms with Gasteiger partial charge in [-0.15, -0.1) is 0 Å². The molecule has 0 unspecified atom stereocenters. The van der Waals surface area contributed by atoms with Gasteiger partial charge in [-0.1, -0.05) is 32.0 Å². The summed E-state index contributed by atoms with van der Waals surface area (Å²) in [5, 5.41) is 20.0. The molecule has 0 aromatic heterocycles. The van der Waals surface area contributed by atoms with Crippen LogP contribution >= 0.6 is 0 Å². The first kappa shape index (κ1) is 21.2. The maximum absolute atomic E-state index is 12.4. The predicted molar refractivity (Wildman–Crippen MR) is 109 cm³/mol. The molecule has 2 rings (SSSR count). The fourth-order valence-electron chi connectivity index (χ4n) is 2.65. The molecule has 0 bridgehead atoms. The van der Waals surface area contributed by atoms with Crippen molar-refractivity contribution in [3.05, 3.63) is 65.4 Å². The van der Waals surface area contributed by atoms with Crippen LogP contribution in [0.2, 0.25) is 0 Å². The van der Waals surface area contributed by atoms with Crippen LogP contribution in [0.1, 0.15) is 25.0 Å². The van der Waals surface area contributed by atoms with Crippen LogP contribution < -0.4 is 15.8 Å². The lowest BCUT2D eigenvalue weighted by Gasteiger charge is -2.13. The summed E-state index contributed by atoms with van der Waals surface area (Å²) in [6.45, 7) is 4.07. The number of anilines is 2. The van der Waals surface area contributed by atoms with Gasteiger partial charge in [0.1, 0.15) is 11.6 Å². The molecule has 0 saturated carbocycles. The normalized spacial score (nSPS) is 11.6. The number of primary sulfonamides is 1. The molecule has 146 valence electrons. The van der Waals surface area contributed by atoms with Gasteiger partial charge in [0.05, 0.1) is 4.90 Å². The van der Waals surface area contributed by atoms with E-state index < -0.39 is 15.9 Å². The maximum Gasteiger partial charge on any atom is 0.267 e. The van der Waals surface area contributed by atoms with Gasteiger partial charge in [0.2, 0.25) is 10.0 Å². The Bertz CT molecular complexity index is 1010. The van der Waals surface area contributed by atoms with Crippen molar-refractivity contribution in [1.82, 2.24) is 0 Å². The second-order valence-corrected chi connectivity index (χ2v) is 7.56. The molecule has 0 aliphatic rings. The molecule has 4 N–H and O–H groups in total. The van der Waals surface area contributed by atoms with E-state index in [0.29, 0.717) is 5.69 Å². The molecular weight excluding hydrogens is 376 g/mol. The van der Waals surface area contributed by atoms with E-state index in [0.717, 1.165) is 29.7 Å². The van der Waals surface area contributed by atoms with Crippen LogP contribution in [0, 0.1) is 11.3 Å². The molecule has 0 radical (unpaired) electrons. The molecule has 0 heterocycles. The highest BCUT2D eigenvalue weighted by atomic mass is 32.2. The zero-order valence-corrected chi connectivity index (χ0v) is 16.5. The predicted octanol–water partition coefficient (Wildman–Crippen LogP) is 2.92. The number of nitrogens with zero attached hydrogens (tertiary/aromatic N) is 1. The van der Waals surface area contributed by atoms with Gasteiger partial charge in [0.25, 0.3) is 5.91 Å². The van der Waals surface area contributed by atoms with Crippen molar-refractivity contribution < 1.29 is 13.2 Å². The number of carbonyl (C=O) groups is 1. The number of hydrogen-bond acceptors (Lipinski definition) is 5. The van der Waals surface area contributed by atoms with Gasteiger partial charge in [0.15, 0.2) is 0 Å². The highest BCUT2D eigenvalue weighted by Crippen LogP contribution is 2.23. The van der Waals surface area contributed by atoms with Gasteiger partial charge in [0, 0.05) is 17.6 Å². The van der Waals surface area contributed by atoms with Crippen molar-refractivity contribution in [3.63, 3.8) is 0 Å². The maximum atomic E-state index is 12.4. The Morgan fingerprint density at radius 1 is 1.11 bits per heavy atom. The van der Waals surface area contributed by atoms with Crippen molar-refractivity contribution in [2.24, 2.45) is 5.14 Å². The van der Waals surface area contributed by atoms with Crippen LogP contribution in [-0.2, 0) is 27.7 Å². The number of sulfonamides is 1. The zero-order chi connectivity index (χ0) is 20.7. The molecule has 8 heteroatoms. The topological polar surface area (TPSA) is 125 Å². The number of nitriles is 1. The lowest BCUT2D eigenvalue weighted by molar-refractivity contribution is -0.112. The third kappa shape index (κ3) is 5.19. The summed E-state index contributed by atoms with van der Waals surface area (Å²) in [6.07, 6.45) is 3.00. The second kappa shape index (κ2) is 9.17. The third-order valence-electron chi connectivity index (χ3n) is 4.17. The Labute approximate surface area is 164 Å². The first-order valence-electron chi connectivity index (χ1n) is 8.71. The number of aryl methyl sites for hydroxylation is 2. The summed E-state index contributed by atoms with van der Waals surface area (Å²) in [6, 6.07) is 13.2. The van der Waals surface area contributed by atoms with Crippen molar-refractivity contribution >= 4 is 27.3 Å². The van der Waals surface area contributed by atoms with E-state index in [9.17, 15) is 18.5 Å². The molecule has 0 spiro atoms. The Kier molecular flexibility index (Phi) is 6.93. The molecule has 28 heavy (non-hydrogen) atoms. The fraction of sp³-hybridized carbons (Fsp3) is 0.200. The smallest absolute Gasteiger partial charge is 0.267 e. The van der Waals surface area contributed by atoms with Crippen LogP contribution in [0.15, 0.2) is 59.1 Å². The fourth-order valence-corrected chi connectivity index (χ4v) is 3.16. The van der Waals surface area contributed by atoms with Crippen molar-refractivity contribution in [2.45, 2.75) is 31.6 Å². The summed E-state index contributed by atoms with van der Waals surface area (Å²) < 4.78 is 22.6. The van der Waals surface area contributed by atoms with Crippen molar-refractivity contribution in [1.29, 1.82) is 5.26 Å². The molecule has 0 saturated heterocycles. The summed E-state index contributed by atoms with van der Waals surface area (Å²) in [5.74, 6) is -0.606. The van der Waals surface area contributed by atoms with E-state index in [1.54, 1.807) is 0 Å². The van der Waals surface area contributed by atoms with Gasteiger partial charge >= 0.3 is 0 Å². The standard InChI is InChI=1S/C20H22N4O3S/c1-3-14-6-5-7-15(4-2)19(14)23-13-16(12-21)20(25)24-17-8-10-18(11-9-17)28(22,26)27/h5-11,13,23H,3-4H2,1-2H3,(H,24,25)(H2,22,26,27)/b16-13-. The highest BCUT2D eigenvalue weighted by Gasteiger charge is 2.12. The summed E-state index contributed by atoms with van der Waals surface area (Å²) >= 11 is 0. The number of rotatable bonds is 7. The van der Waals surface area contributed by atoms with E-state index >= 15 is 0 Å². The Balaban J connectivity index is 2.19. The lowest BCUT2D eigenvalue weighted by Crippen LogP contribution is -2.15. The van der Waals surface area contributed by atoms with Crippen LogP contribution in [0.4, 0.5) is 11.4 Å². The Morgan fingerprint density at radius 2 is 1.68 bits per heavy atom. The number of hydrogen-bond donors (Lipinski definition) is 3. The van der Waals surface area contributed by atoms with Gasteiger partial charge in [-0.05, 0) is 48.2 Å². The molecule has 2 aromatic rings. The molecule has 1 amide bonds. The molecule has 7 nitrogen and oxygen atoms in total. The summed E-state index contributed by atoms with van der Waals surface area (Å²) in [5.41, 5.74) is 3.31. The average molecular weight is 398 g/mol. The van der Waals surface area contributed by atoms with Gasteiger partial charge in [-0.2, -0.15) is 5.26 Å². The minimum atomic E-state index is -3.81. The average Bonchev–Trinajstić information content (AvgIpc) is 2.68. The summed E-state index contributed by atoms with van der Waals surface area (Å²) in [4.78, 5) is 12.3. The lowest BCUT2D eigenvalue weighted by atomic mass is 10.0. The van der Waals surface area contributed by atoms with Crippen LogP contribution in [0.5, 0.6) is 0 Å². The van der Waals surface area contributed by atoms with E-state index in [4.69, 9.17) is 5.14 Å². The van der Waals surface area contributed by atoms with E-state index in [1.165, 1.54) is 30.5 Å². The van der Waals surface area contributed by atoms with Crippen molar-refractivity contribution in [3.8, 4) is 6.07 Å². The number of amides is 1. The van der Waals surface area contributed by atoms with E-state index in [1.807, 2.05) is 38.1 Å². The molecular formula is C20H22N4O3S. The van der Waals surface area contributed by atoms with Crippen LogP contribution in [-0.4, -0.2) is 14.3 Å². The minimum Gasteiger partial charge on any atom is -0.360 e. The first-order chi connectivity index (χ1) is 13.3. The first-order valence-corrected chi connectivity index (χ1v) is 10.3. The van der Waals surface area contributed by atoms with Crippen LogP contribution in [0.25, 0.3) is 0 Å². The number of para-hydroxylation sites is 1. The molecule has 0 atom stereocenters. The molecule has 0 aliphatic heterocycles. The van der Waals surface area contributed by atoms with Gasteiger partial charge in [-0.3, -0.25) is 4.79 Å². The second-order valence-electron chi connectivity index (χ2n) is 6.00. The highest BCUT2D eigenvalue weighted by molar-refractivity contribution is 7.89. The van der Waals surface area contributed by atoms with Crippen molar-refractivity contribution in [2.75, 3.05) is 10.6 Å². The zero-order valence-electron chi connectivity index (χ0n) is 15.7. The van der Waals surface area contributed by atoms with Gasteiger partial charge < -0.3 is 10.6 Å². The monoisotopic (exact) mass is 398 g/mol. The molecule has 0 fully saturated rings. The summed E-state index contributed by atoms with van der Waals surface area (Å²) in [7, 11) is -3.81. The largest absolute Gasteiger partial charge is 0.360 e. The molecule has 2 aromatic carbocycles. The minimum absolute atomic E-state index is 0.0634.